The topological polar surface area (TPSA) is 93.2 Å². The number of carbonyl (C=O) groups is 2. The van der Waals surface area contributed by atoms with Gasteiger partial charge < -0.3 is 14.4 Å². The maximum absolute atomic E-state index is 13.8. The molecule has 0 unspecified atom stereocenters. The minimum atomic E-state index is -4.11. The van der Waals surface area contributed by atoms with Gasteiger partial charge in [0.25, 0.3) is 0 Å². The molecule has 2 saturated heterocycles. The third-order valence-electron chi connectivity index (χ3n) is 5.74. The zero-order valence-corrected chi connectivity index (χ0v) is 19.8. The van der Waals surface area contributed by atoms with Crippen LogP contribution >= 0.6 is 15.9 Å². The number of piperidine rings is 1. The average molecular weight is 513 g/mol. The van der Waals surface area contributed by atoms with Crippen molar-refractivity contribution in [2.75, 3.05) is 33.9 Å². The molecule has 2 bridgehead atoms. The first-order valence-corrected chi connectivity index (χ1v) is 12.1. The number of hydrogen-bond acceptors (Lipinski definition) is 6. The van der Waals surface area contributed by atoms with Gasteiger partial charge in [-0.25, -0.2) is 13.2 Å². The van der Waals surface area contributed by atoms with Gasteiger partial charge in [0.15, 0.2) is 0 Å². The van der Waals surface area contributed by atoms with Crippen LogP contribution < -0.4 is 0 Å². The smallest absolute Gasteiger partial charge is 0.337 e. The van der Waals surface area contributed by atoms with Gasteiger partial charge in [-0.3, -0.25) is 4.79 Å². The Hall–Kier alpha value is -1.93. The van der Waals surface area contributed by atoms with Crippen molar-refractivity contribution in [2.24, 2.45) is 5.92 Å². The van der Waals surface area contributed by atoms with Gasteiger partial charge in [-0.15, -0.1) is 6.42 Å². The first-order valence-electron chi connectivity index (χ1n) is 9.88. The van der Waals surface area contributed by atoms with Crippen molar-refractivity contribution in [3.63, 3.8) is 0 Å². The van der Waals surface area contributed by atoms with E-state index in [0.29, 0.717) is 30.5 Å². The largest absolute Gasteiger partial charge is 0.465 e. The molecule has 2 aliphatic rings. The molecule has 0 N–H and O–H groups in total. The number of halogens is 1. The van der Waals surface area contributed by atoms with Crippen LogP contribution in [0.15, 0.2) is 27.6 Å². The fraction of sp³-hybridized carbons (Fsp3) is 0.524. The summed E-state index contributed by atoms with van der Waals surface area (Å²) in [5, 5.41) is 0. The van der Waals surface area contributed by atoms with Crippen molar-refractivity contribution >= 4 is 37.8 Å². The van der Waals surface area contributed by atoms with Gasteiger partial charge in [-0.2, -0.15) is 4.31 Å². The Balaban J connectivity index is 2.12. The third kappa shape index (κ3) is 4.65. The van der Waals surface area contributed by atoms with Crippen LogP contribution in [0.5, 0.6) is 0 Å². The lowest BCUT2D eigenvalue weighted by molar-refractivity contribution is -0.134. The molecule has 0 aromatic heterocycles. The van der Waals surface area contributed by atoms with Crippen LogP contribution in [0.2, 0.25) is 0 Å². The van der Waals surface area contributed by atoms with Gasteiger partial charge in [0, 0.05) is 30.1 Å². The lowest BCUT2D eigenvalue weighted by Crippen LogP contribution is -2.55. The fourth-order valence-electron chi connectivity index (χ4n) is 4.43. The van der Waals surface area contributed by atoms with E-state index in [4.69, 9.17) is 15.9 Å². The van der Waals surface area contributed by atoms with Crippen LogP contribution in [0.25, 0.3) is 0 Å². The summed E-state index contributed by atoms with van der Waals surface area (Å²) in [5.41, 5.74) is 0.101. The molecular weight excluding hydrogens is 488 g/mol. The zero-order valence-electron chi connectivity index (χ0n) is 17.4. The van der Waals surface area contributed by atoms with E-state index in [1.54, 1.807) is 12.0 Å². The molecule has 3 rings (SSSR count). The van der Waals surface area contributed by atoms with Gasteiger partial charge >= 0.3 is 5.97 Å². The van der Waals surface area contributed by atoms with Crippen molar-refractivity contribution in [1.29, 1.82) is 0 Å². The Morgan fingerprint density at radius 2 is 2.03 bits per heavy atom. The monoisotopic (exact) mass is 512 g/mol. The number of methoxy groups -OCH3 is 2. The molecule has 8 nitrogen and oxygen atoms in total. The minimum Gasteiger partial charge on any atom is -0.465 e. The molecule has 3 atom stereocenters. The van der Waals surface area contributed by atoms with Crippen molar-refractivity contribution < 1.29 is 27.5 Å². The Bertz CT molecular complexity index is 1010. The van der Waals surface area contributed by atoms with Crippen LogP contribution in [0.3, 0.4) is 0 Å². The normalized spacial score (nSPS) is 24.4. The molecule has 1 aromatic rings. The second kappa shape index (κ2) is 9.69. The molecule has 10 heteroatoms. The predicted octanol–water partition coefficient (Wildman–Crippen LogP) is 1.89. The molecule has 0 radical (unpaired) electrons. The molecule has 0 spiro atoms. The summed E-state index contributed by atoms with van der Waals surface area (Å²) in [6, 6.07) is 2.93. The number of esters is 1. The lowest BCUT2D eigenvalue weighted by Gasteiger charge is -2.40. The number of carbonyl (C=O) groups excluding carboxylic acids is 2. The number of benzene rings is 1. The molecule has 168 valence electrons. The van der Waals surface area contributed by atoms with Gasteiger partial charge in [0.2, 0.25) is 15.9 Å². The van der Waals surface area contributed by atoms with Gasteiger partial charge in [-0.1, -0.05) is 21.9 Å². The molecule has 2 heterocycles. The number of terminal acetylenes is 1. The van der Waals surface area contributed by atoms with Crippen LogP contribution in [0.1, 0.15) is 29.6 Å². The van der Waals surface area contributed by atoms with Crippen molar-refractivity contribution in [3.8, 4) is 12.3 Å². The standard InChI is InChI=1S/C21H25BrN2O6S/c1-4-8-23-12-15(13-29-2)18-6-5-7-19(20(23)25)24(18)31(27,28)17-10-14(21(26)30-3)9-16(22)11-17/h1,9-11,15,18-19H,5-8,12-13H2,2-3H3/t15-,18-,19+/m1/s1. The number of rotatable bonds is 6. The molecule has 0 aliphatic carbocycles. The van der Waals surface area contributed by atoms with Crippen molar-refractivity contribution in [2.45, 2.75) is 36.2 Å². The summed E-state index contributed by atoms with van der Waals surface area (Å²) < 4.78 is 39.5. The minimum absolute atomic E-state index is 0.0754. The maximum Gasteiger partial charge on any atom is 0.337 e. The number of amides is 1. The van der Waals surface area contributed by atoms with Gasteiger partial charge in [0.05, 0.1) is 30.7 Å². The van der Waals surface area contributed by atoms with E-state index in [-0.39, 0.29) is 28.8 Å². The second-order valence-electron chi connectivity index (χ2n) is 7.65. The number of sulfonamides is 1. The molecule has 31 heavy (non-hydrogen) atoms. The zero-order chi connectivity index (χ0) is 22.8. The quantitative estimate of drug-likeness (QED) is 0.426. The average Bonchev–Trinajstić information content (AvgIpc) is 2.81. The van der Waals surface area contributed by atoms with Gasteiger partial charge in [0.1, 0.15) is 6.04 Å². The summed E-state index contributed by atoms with van der Waals surface area (Å²) in [7, 11) is -1.34. The van der Waals surface area contributed by atoms with E-state index in [2.05, 4.69) is 21.9 Å². The number of hydrogen-bond donors (Lipinski definition) is 0. The summed E-state index contributed by atoms with van der Waals surface area (Å²) in [6.07, 6.45) is 7.20. The number of fused-ring (bicyclic) bond motifs is 2. The third-order valence-corrected chi connectivity index (χ3v) is 8.11. The molecule has 1 amide bonds. The highest BCUT2D eigenvalue weighted by Gasteiger charge is 2.50. The molecule has 2 aliphatic heterocycles. The number of nitrogens with zero attached hydrogens (tertiary/aromatic N) is 2. The highest BCUT2D eigenvalue weighted by Crippen LogP contribution is 2.37. The van der Waals surface area contributed by atoms with Crippen LogP contribution in [0.4, 0.5) is 0 Å². The number of ether oxygens (including phenoxy) is 2. The van der Waals surface area contributed by atoms with E-state index in [1.165, 1.54) is 29.6 Å². The maximum atomic E-state index is 13.8. The highest BCUT2D eigenvalue weighted by molar-refractivity contribution is 9.10. The Morgan fingerprint density at radius 3 is 2.68 bits per heavy atom. The van der Waals surface area contributed by atoms with Crippen LogP contribution in [-0.4, -0.2) is 75.5 Å². The second-order valence-corrected chi connectivity index (χ2v) is 10.4. The van der Waals surface area contributed by atoms with Crippen LogP contribution in [-0.2, 0) is 24.3 Å². The molecule has 0 saturated carbocycles. The predicted molar refractivity (Wildman–Crippen MR) is 117 cm³/mol. The van der Waals surface area contributed by atoms with E-state index < -0.39 is 28.1 Å². The summed E-state index contributed by atoms with van der Waals surface area (Å²) >= 11 is 3.27. The lowest BCUT2D eigenvalue weighted by atomic mass is 9.91. The summed E-state index contributed by atoms with van der Waals surface area (Å²) in [5.74, 6) is 1.32. The summed E-state index contributed by atoms with van der Waals surface area (Å²) in [4.78, 5) is 26.8. The Morgan fingerprint density at radius 1 is 1.29 bits per heavy atom. The Labute approximate surface area is 191 Å². The van der Waals surface area contributed by atoms with E-state index >= 15 is 0 Å². The molecular formula is C21H25BrN2O6S. The van der Waals surface area contributed by atoms with Crippen molar-refractivity contribution in [3.05, 3.63) is 28.2 Å². The van der Waals surface area contributed by atoms with Crippen molar-refractivity contribution in [1.82, 2.24) is 9.21 Å². The summed E-state index contributed by atoms with van der Waals surface area (Å²) in [6.45, 7) is 0.735. The first-order chi connectivity index (χ1) is 14.7. The molecule has 1 aromatic carbocycles. The van der Waals surface area contributed by atoms with Crippen LogP contribution in [0, 0.1) is 18.3 Å². The van der Waals surface area contributed by atoms with Gasteiger partial charge in [-0.05, 0) is 37.5 Å². The van der Waals surface area contributed by atoms with E-state index in [9.17, 15) is 18.0 Å². The SMILES string of the molecule is C#CCN1C[C@H](COC)[C@H]2CCC[C@@H](C1=O)N2S(=O)(=O)c1cc(Br)cc(C(=O)OC)c1. The van der Waals surface area contributed by atoms with E-state index in [1.807, 2.05) is 0 Å². The molecule has 2 fully saturated rings. The highest BCUT2D eigenvalue weighted by atomic mass is 79.9. The Kier molecular flexibility index (Phi) is 7.42. The first kappa shape index (κ1) is 23.7. The van der Waals surface area contributed by atoms with E-state index in [0.717, 1.165) is 6.42 Å². The fourth-order valence-corrected chi connectivity index (χ4v) is 7.04.